The standard InChI is InChI=1S/C12H23NO/c1-8(2)10-7-14-11-9(13-10)5-6-12(11,3)4/h8-11,13H,5-7H2,1-4H3. The monoisotopic (exact) mass is 197 g/mol. The summed E-state index contributed by atoms with van der Waals surface area (Å²) in [5.74, 6) is 0.680. The van der Waals surface area contributed by atoms with Gasteiger partial charge in [-0.2, -0.15) is 0 Å². The van der Waals surface area contributed by atoms with Crippen LogP contribution in [-0.4, -0.2) is 24.8 Å². The fourth-order valence-electron chi connectivity index (χ4n) is 2.79. The Morgan fingerprint density at radius 1 is 1.36 bits per heavy atom. The topological polar surface area (TPSA) is 21.3 Å². The third kappa shape index (κ3) is 1.70. The molecule has 1 N–H and O–H groups in total. The number of nitrogens with one attached hydrogen (secondary N) is 1. The maximum atomic E-state index is 6.03. The van der Waals surface area contributed by atoms with Gasteiger partial charge in [0.15, 0.2) is 0 Å². The molecule has 1 heterocycles. The average Bonchev–Trinajstić information content (AvgIpc) is 2.42. The summed E-state index contributed by atoms with van der Waals surface area (Å²) >= 11 is 0. The van der Waals surface area contributed by atoms with Crippen molar-refractivity contribution in [2.24, 2.45) is 11.3 Å². The second-order valence-electron chi connectivity index (χ2n) is 5.90. The molecule has 0 aromatic rings. The van der Waals surface area contributed by atoms with Gasteiger partial charge < -0.3 is 10.1 Å². The smallest absolute Gasteiger partial charge is 0.0779 e. The summed E-state index contributed by atoms with van der Waals surface area (Å²) in [7, 11) is 0. The van der Waals surface area contributed by atoms with Gasteiger partial charge in [-0.05, 0) is 24.2 Å². The summed E-state index contributed by atoms with van der Waals surface area (Å²) in [4.78, 5) is 0. The molecule has 0 aromatic carbocycles. The molecule has 0 spiro atoms. The van der Waals surface area contributed by atoms with Gasteiger partial charge in [0.05, 0.1) is 12.7 Å². The lowest BCUT2D eigenvalue weighted by atomic mass is 9.87. The van der Waals surface area contributed by atoms with Crippen molar-refractivity contribution >= 4 is 0 Å². The number of morpholine rings is 1. The number of hydrogen-bond acceptors (Lipinski definition) is 2. The molecular weight excluding hydrogens is 174 g/mol. The highest BCUT2D eigenvalue weighted by Crippen LogP contribution is 2.41. The van der Waals surface area contributed by atoms with Crippen LogP contribution in [0, 0.1) is 11.3 Å². The van der Waals surface area contributed by atoms with E-state index in [0.717, 1.165) is 6.61 Å². The minimum atomic E-state index is 0.375. The van der Waals surface area contributed by atoms with Crippen molar-refractivity contribution in [2.45, 2.75) is 58.7 Å². The second-order valence-corrected chi connectivity index (χ2v) is 5.90. The molecular formula is C12H23NO. The Hall–Kier alpha value is -0.0800. The fourth-order valence-corrected chi connectivity index (χ4v) is 2.79. The van der Waals surface area contributed by atoms with E-state index in [9.17, 15) is 0 Å². The molecule has 0 amide bonds. The van der Waals surface area contributed by atoms with Crippen LogP contribution in [0.2, 0.25) is 0 Å². The van der Waals surface area contributed by atoms with E-state index >= 15 is 0 Å². The normalized spacial score (nSPS) is 41.4. The molecule has 3 atom stereocenters. The van der Waals surface area contributed by atoms with Crippen molar-refractivity contribution in [3.63, 3.8) is 0 Å². The van der Waals surface area contributed by atoms with Crippen LogP contribution in [0.1, 0.15) is 40.5 Å². The molecule has 2 nitrogen and oxygen atoms in total. The predicted octanol–water partition coefficient (Wildman–Crippen LogP) is 2.19. The molecule has 2 heteroatoms. The molecule has 0 aromatic heterocycles. The van der Waals surface area contributed by atoms with E-state index in [1.807, 2.05) is 0 Å². The maximum absolute atomic E-state index is 6.03. The van der Waals surface area contributed by atoms with Gasteiger partial charge in [0.2, 0.25) is 0 Å². The van der Waals surface area contributed by atoms with E-state index in [2.05, 4.69) is 33.0 Å². The fraction of sp³-hybridized carbons (Fsp3) is 1.00. The van der Waals surface area contributed by atoms with Gasteiger partial charge in [0.25, 0.3) is 0 Å². The van der Waals surface area contributed by atoms with Crippen LogP contribution in [-0.2, 0) is 4.74 Å². The first-order chi connectivity index (χ1) is 6.50. The Kier molecular flexibility index (Phi) is 2.61. The van der Waals surface area contributed by atoms with E-state index in [-0.39, 0.29) is 0 Å². The highest BCUT2D eigenvalue weighted by atomic mass is 16.5. The molecule has 0 radical (unpaired) electrons. The first-order valence-corrected chi connectivity index (χ1v) is 5.88. The molecule has 2 fully saturated rings. The Bertz CT molecular complexity index is 212. The van der Waals surface area contributed by atoms with Crippen LogP contribution in [0.25, 0.3) is 0 Å². The van der Waals surface area contributed by atoms with Gasteiger partial charge in [-0.1, -0.05) is 27.7 Å². The van der Waals surface area contributed by atoms with Crippen molar-refractivity contribution < 1.29 is 4.74 Å². The maximum Gasteiger partial charge on any atom is 0.0779 e. The first kappa shape index (κ1) is 10.4. The first-order valence-electron chi connectivity index (χ1n) is 5.88. The third-order valence-electron chi connectivity index (χ3n) is 3.92. The van der Waals surface area contributed by atoms with Crippen molar-refractivity contribution in [1.29, 1.82) is 0 Å². The van der Waals surface area contributed by atoms with Crippen LogP contribution >= 0.6 is 0 Å². The Morgan fingerprint density at radius 3 is 2.71 bits per heavy atom. The number of ether oxygens (including phenoxy) is 1. The molecule has 82 valence electrons. The van der Waals surface area contributed by atoms with Crippen molar-refractivity contribution in [2.75, 3.05) is 6.61 Å². The van der Waals surface area contributed by atoms with Crippen molar-refractivity contribution in [1.82, 2.24) is 5.32 Å². The van der Waals surface area contributed by atoms with Crippen LogP contribution in [0.4, 0.5) is 0 Å². The largest absolute Gasteiger partial charge is 0.374 e. The lowest BCUT2D eigenvalue weighted by Crippen LogP contribution is -2.56. The van der Waals surface area contributed by atoms with Crippen LogP contribution in [0.5, 0.6) is 0 Å². The van der Waals surface area contributed by atoms with Crippen molar-refractivity contribution in [3.05, 3.63) is 0 Å². The van der Waals surface area contributed by atoms with E-state index < -0.39 is 0 Å². The van der Waals surface area contributed by atoms with E-state index in [1.54, 1.807) is 0 Å². The van der Waals surface area contributed by atoms with Gasteiger partial charge in [-0.15, -0.1) is 0 Å². The summed E-state index contributed by atoms with van der Waals surface area (Å²) in [6, 6.07) is 1.16. The molecule has 14 heavy (non-hydrogen) atoms. The van der Waals surface area contributed by atoms with Crippen LogP contribution < -0.4 is 5.32 Å². The zero-order chi connectivity index (χ0) is 10.3. The quantitative estimate of drug-likeness (QED) is 0.695. The van der Waals surface area contributed by atoms with Crippen LogP contribution in [0.3, 0.4) is 0 Å². The summed E-state index contributed by atoms with van der Waals surface area (Å²) in [5, 5.41) is 3.75. The predicted molar refractivity (Wildman–Crippen MR) is 58.3 cm³/mol. The highest BCUT2D eigenvalue weighted by Gasteiger charge is 2.46. The summed E-state index contributed by atoms with van der Waals surface area (Å²) in [5.41, 5.74) is 0.375. The molecule has 1 saturated carbocycles. The molecule has 2 rings (SSSR count). The molecule has 0 bridgehead atoms. The van der Waals surface area contributed by atoms with E-state index in [4.69, 9.17) is 4.74 Å². The Balaban J connectivity index is 2.01. The minimum absolute atomic E-state index is 0.375. The van der Waals surface area contributed by atoms with Gasteiger partial charge in [-0.25, -0.2) is 0 Å². The molecule has 3 unspecified atom stereocenters. The summed E-state index contributed by atoms with van der Waals surface area (Å²) < 4.78 is 6.03. The van der Waals surface area contributed by atoms with Crippen molar-refractivity contribution in [3.8, 4) is 0 Å². The minimum Gasteiger partial charge on any atom is -0.374 e. The third-order valence-corrected chi connectivity index (χ3v) is 3.92. The zero-order valence-electron chi connectivity index (χ0n) is 9.84. The van der Waals surface area contributed by atoms with Gasteiger partial charge in [0, 0.05) is 12.1 Å². The molecule has 2 aliphatic rings. The number of fused-ring (bicyclic) bond motifs is 1. The SMILES string of the molecule is CC(C)C1COC2C(CCC2(C)C)N1. The molecule has 1 aliphatic heterocycles. The second kappa shape index (κ2) is 3.49. The lowest BCUT2D eigenvalue weighted by Gasteiger charge is -2.40. The summed E-state index contributed by atoms with van der Waals surface area (Å²) in [6.45, 7) is 10.1. The van der Waals surface area contributed by atoms with Crippen LogP contribution in [0.15, 0.2) is 0 Å². The molecule has 1 saturated heterocycles. The molecule has 1 aliphatic carbocycles. The number of rotatable bonds is 1. The van der Waals surface area contributed by atoms with Gasteiger partial charge in [0.1, 0.15) is 0 Å². The van der Waals surface area contributed by atoms with Gasteiger partial charge in [-0.3, -0.25) is 0 Å². The average molecular weight is 197 g/mol. The van der Waals surface area contributed by atoms with E-state index in [0.29, 0.717) is 29.5 Å². The Labute approximate surface area is 87.4 Å². The highest BCUT2D eigenvalue weighted by molar-refractivity contribution is 5.00. The number of hydrogen-bond donors (Lipinski definition) is 1. The van der Waals surface area contributed by atoms with E-state index in [1.165, 1.54) is 12.8 Å². The van der Waals surface area contributed by atoms with Gasteiger partial charge >= 0.3 is 0 Å². The Morgan fingerprint density at radius 2 is 2.07 bits per heavy atom. The zero-order valence-corrected chi connectivity index (χ0v) is 9.84. The summed E-state index contributed by atoms with van der Waals surface area (Å²) in [6.07, 6.45) is 3.01. The lowest BCUT2D eigenvalue weighted by molar-refractivity contribution is -0.0676.